The molecule has 0 heterocycles. The lowest BCUT2D eigenvalue weighted by Crippen LogP contribution is -2.62. The molecule has 4 aliphatic rings. The van der Waals surface area contributed by atoms with Gasteiger partial charge in [0.1, 0.15) is 6.17 Å². The van der Waals surface area contributed by atoms with Crippen LogP contribution in [0.4, 0.5) is 4.39 Å². The zero-order valence-electron chi connectivity index (χ0n) is 17.5. The zero-order chi connectivity index (χ0) is 21.4. The van der Waals surface area contributed by atoms with Crippen LogP contribution in [0.15, 0.2) is 23.8 Å². The van der Waals surface area contributed by atoms with E-state index >= 15 is 4.39 Å². The van der Waals surface area contributed by atoms with Crippen molar-refractivity contribution in [1.29, 1.82) is 0 Å². The van der Waals surface area contributed by atoms with Crippen molar-refractivity contribution < 1.29 is 28.9 Å². The summed E-state index contributed by atoms with van der Waals surface area (Å²) in [6, 6.07) is 0. The van der Waals surface area contributed by atoms with Gasteiger partial charge in [-0.3, -0.25) is 4.79 Å². The summed E-state index contributed by atoms with van der Waals surface area (Å²) in [5.74, 6) is -1.43. The summed E-state index contributed by atoms with van der Waals surface area (Å²) in [5.41, 5.74) is -2.86. The summed E-state index contributed by atoms with van der Waals surface area (Å²) in [6.07, 6.45) is 3.41. The second-order valence-corrected chi connectivity index (χ2v) is 10.2. The third-order valence-electron chi connectivity index (χ3n) is 8.31. The topological polar surface area (TPSA) is 83.8 Å². The number of esters is 1. The molecule has 0 aliphatic heterocycles. The number of ether oxygens (including phenoxy) is 1. The van der Waals surface area contributed by atoms with Gasteiger partial charge in [0.2, 0.25) is 0 Å². The smallest absolute Gasteiger partial charge is 0.338 e. The van der Waals surface area contributed by atoms with Gasteiger partial charge in [-0.15, -0.1) is 0 Å². The van der Waals surface area contributed by atoms with E-state index in [1.165, 1.54) is 12.2 Å². The maximum atomic E-state index is 15.3. The Kier molecular flexibility index (Phi) is 4.63. The van der Waals surface area contributed by atoms with E-state index in [0.29, 0.717) is 12.0 Å². The highest BCUT2D eigenvalue weighted by Gasteiger charge is 2.69. The van der Waals surface area contributed by atoms with Crippen LogP contribution in [0.1, 0.15) is 53.4 Å². The van der Waals surface area contributed by atoms with Gasteiger partial charge in [0.25, 0.3) is 0 Å². The number of carbonyl (C=O) groups is 2. The third-order valence-corrected chi connectivity index (χ3v) is 8.31. The lowest BCUT2D eigenvalue weighted by Gasteiger charge is -2.59. The van der Waals surface area contributed by atoms with Gasteiger partial charge < -0.3 is 14.9 Å². The van der Waals surface area contributed by atoms with E-state index in [1.54, 1.807) is 19.9 Å². The van der Waals surface area contributed by atoms with Crippen LogP contribution in [-0.4, -0.2) is 45.9 Å². The van der Waals surface area contributed by atoms with E-state index < -0.39 is 34.7 Å². The Morgan fingerprint density at radius 1 is 1.34 bits per heavy atom. The molecular weight excluding hydrogens is 375 g/mol. The lowest BCUT2D eigenvalue weighted by atomic mass is 9.46. The molecule has 4 aliphatic carbocycles. The number of carbonyl (C=O) groups excluding carboxylic acids is 2. The molecule has 29 heavy (non-hydrogen) atoms. The number of ketones is 1. The molecule has 6 heteroatoms. The first-order chi connectivity index (χ1) is 13.4. The summed E-state index contributed by atoms with van der Waals surface area (Å²) < 4.78 is 20.6. The molecule has 5 nitrogen and oxygen atoms in total. The Balaban J connectivity index is 1.73. The van der Waals surface area contributed by atoms with Gasteiger partial charge in [0.15, 0.2) is 11.4 Å². The van der Waals surface area contributed by atoms with Gasteiger partial charge >= 0.3 is 5.97 Å². The van der Waals surface area contributed by atoms with Crippen LogP contribution in [0.5, 0.6) is 0 Å². The van der Waals surface area contributed by atoms with Gasteiger partial charge in [-0.25, -0.2) is 9.18 Å². The quantitative estimate of drug-likeness (QED) is 0.689. The number of aliphatic hydroxyl groups is 2. The first-order valence-electron chi connectivity index (χ1n) is 10.6. The first kappa shape index (κ1) is 20.7. The molecule has 8 atom stereocenters. The maximum Gasteiger partial charge on any atom is 0.338 e. The van der Waals surface area contributed by atoms with Crippen LogP contribution in [0.2, 0.25) is 0 Å². The maximum absolute atomic E-state index is 15.3. The summed E-state index contributed by atoms with van der Waals surface area (Å²) in [6.45, 7) is 7.21. The molecule has 3 saturated carbocycles. The average molecular weight is 406 g/mol. The van der Waals surface area contributed by atoms with Crippen molar-refractivity contribution in [1.82, 2.24) is 0 Å². The Hall–Kier alpha value is -1.53. The summed E-state index contributed by atoms with van der Waals surface area (Å²) in [4.78, 5) is 24.7. The molecule has 0 amide bonds. The van der Waals surface area contributed by atoms with Crippen molar-refractivity contribution >= 4 is 11.8 Å². The second kappa shape index (κ2) is 6.48. The van der Waals surface area contributed by atoms with Gasteiger partial charge in [0, 0.05) is 16.7 Å². The molecule has 0 spiro atoms. The number of allylic oxidation sites excluding steroid dienone is 4. The largest absolute Gasteiger partial charge is 0.461 e. The van der Waals surface area contributed by atoms with E-state index in [0.717, 1.165) is 0 Å². The number of alkyl halides is 1. The highest BCUT2D eigenvalue weighted by Crippen LogP contribution is 2.67. The molecule has 0 aromatic carbocycles. The van der Waals surface area contributed by atoms with Crippen LogP contribution < -0.4 is 0 Å². The van der Waals surface area contributed by atoms with Crippen LogP contribution >= 0.6 is 0 Å². The Morgan fingerprint density at radius 2 is 2.03 bits per heavy atom. The molecule has 160 valence electrons. The standard InChI is InChI=1S/C23H31FO5/c1-12(2)29-20(27)23(28)8-6-15-14-10-17(24)16-9-13(25)5-7-21(16,3)19(14)18(26)11-22(15,23)4/h5,7,9,12,14-15,17-19,26,28H,6,8,10-11H2,1-4H3/t14?,15?,17-,18?,19?,21-,22-,23-/m0/s1. The minimum absolute atomic E-state index is 0.108. The van der Waals surface area contributed by atoms with Gasteiger partial charge in [-0.1, -0.05) is 19.9 Å². The van der Waals surface area contributed by atoms with Crippen molar-refractivity contribution in [3.05, 3.63) is 23.8 Å². The SMILES string of the molecule is CC(C)OC(=O)[C@@]1(O)CCC2C3C[C@H](F)C4=CC(=O)C=C[C@]4(C)C3C(O)C[C@@]21C. The highest BCUT2D eigenvalue weighted by atomic mass is 19.1. The second-order valence-electron chi connectivity index (χ2n) is 10.2. The molecule has 3 fully saturated rings. The number of fused-ring (bicyclic) bond motifs is 5. The van der Waals surface area contributed by atoms with Crippen molar-refractivity contribution in [3.63, 3.8) is 0 Å². The Morgan fingerprint density at radius 3 is 2.69 bits per heavy atom. The lowest BCUT2D eigenvalue weighted by molar-refractivity contribution is -0.201. The Labute approximate surface area is 171 Å². The van der Waals surface area contributed by atoms with E-state index in [4.69, 9.17) is 4.74 Å². The van der Waals surface area contributed by atoms with Crippen molar-refractivity contribution in [2.24, 2.45) is 28.6 Å². The highest BCUT2D eigenvalue weighted by molar-refractivity contribution is 6.01. The van der Waals surface area contributed by atoms with Crippen molar-refractivity contribution in [2.75, 3.05) is 0 Å². The van der Waals surface area contributed by atoms with Crippen LogP contribution in [0.25, 0.3) is 0 Å². The van der Waals surface area contributed by atoms with E-state index in [9.17, 15) is 19.8 Å². The summed E-state index contributed by atoms with van der Waals surface area (Å²) >= 11 is 0. The molecule has 0 saturated heterocycles. The molecule has 0 aromatic rings. The monoisotopic (exact) mass is 406 g/mol. The summed E-state index contributed by atoms with van der Waals surface area (Å²) in [5, 5.41) is 22.7. The molecule has 4 rings (SSSR count). The molecule has 4 unspecified atom stereocenters. The third kappa shape index (κ3) is 2.71. The van der Waals surface area contributed by atoms with E-state index in [1.807, 2.05) is 13.8 Å². The predicted octanol–water partition coefficient (Wildman–Crippen LogP) is 2.90. The van der Waals surface area contributed by atoms with Crippen molar-refractivity contribution in [3.8, 4) is 0 Å². The number of halogens is 1. The fourth-order valence-corrected chi connectivity index (χ4v) is 6.99. The zero-order valence-corrected chi connectivity index (χ0v) is 17.5. The molecule has 0 bridgehead atoms. The normalized spacial score (nSPS) is 48.6. The molecule has 0 radical (unpaired) electrons. The van der Waals surface area contributed by atoms with Gasteiger partial charge in [0.05, 0.1) is 12.2 Å². The van der Waals surface area contributed by atoms with E-state index in [2.05, 4.69) is 0 Å². The minimum Gasteiger partial charge on any atom is -0.461 e. The fraction of sp³-hybridized carbons (Fsp3) is 0.739. The van der Waals surface area contributed by atoms with Crippen LogP contribution in [0, 0.1) is 28.6 Å². The molecule has 0 aromatic heterocycles. The number of aliphatic hydroxyl groups excluding tert-OH is 1. The van der Waals surface area contributed by atoms with Crippen LogP contribution in [-0.2, 0) is 14.3 Å². The van der Waals surface area contributed by atoms with E-state index in [-0.39, 0.29) is 48.9 Å². The first-order valence-corrected chi connectivity index (χ1v) is 10.6. The number of hydrogen-bond acceptors (Lipinski definition) is 5. The molecular formula is C23H31FO5. The number of rotatable bonds is 2. The predicted molar refractivity (Wildman–Crippen MR) is 104 cm³/mol. The summed E-state index contributed by atoms with van der Waals surface area (Å²) in [7, 11) is 0. The molecule has 2 N–H and O–H groups in total. The fourth-order valence-electron chi connectivity index (χ4n) is 6.99. The van der Waals surface area contributed by atoms with Gasteiger partial charge in [-0.05, 0) is 69.1 Å². The van der Waals surface area contributed by atoms with Crippen molar-refractivity contribution in [2.45, 2.75) is 77.4 Å². The minimum atomic E-state index is -1.69. The number of hydrogen-bond donors (Lipinski definition) is 2. The Bertz CT molecular complexity index is 803. The average Bonchev–Trinajstić information content (AvgIpc) is 2.88. The van der Waals surface area contributed by atoms with Crippen LogP contribution in [0.3, 0.4) is 0 Å². The van der Waals surface area contributed by atoms with Gasteiger partial charge in [-0.2, -0.15) is 0 Å².